The maximum absolute atomic E-state index is 14.0. The molecule has 0 radical (unpaired) electrons. The molecule has 0 bridgehead atoms. The lowest BCUT2D eigenvalue weighted by Crippen LogP contribution is -2.25. The van der Waals surface area contributed by atoms with Crippen molar-refractivity contribution in [2.45, 2.75) is 19.0 Å². The van der Waals surface area contributed by atoms with Crippen LogP contribution >= 0.6 is 0 Å². The van der Waals surface area contributed by atoms with Crippen LogP contribution < -0.4 is 4.74 Å². The quantitative estimate of drug-likeness (QED) is 0.364. The Morgan fingerprint density at radius 3 is 1.97 bits per heavy atom. The van der Waals surface area contributed by atoms with E-state index in [1.807, 2.05) is 0 Å². The van der Waals surface area contributed by atoms with E-state index in [1.165, 1.54) is 30.3 Å². The van der Waals surface area contributed by atoms with Crippen LogP contribution in [0, 0.1) is 29.1 Å². The Kier molecular flexibility index (Phi) is 5.91. The molecular weight excluding hydrogens is 417 g/mol. The first-order chi connectivity index (χ1) is 14.1. The number of hydrogen-bond acceptors (Lipinski definition) is 2. The summed E-state index contributed by atoms with van der Waals surface area (Å²) in [6.07, 6.45) is -4.89. The second-order valence-corrected chi connectivity index (χ2v) is 6.40. The lowest BCUT2D eigenvalue weighted by Gasteiger charge is -2.18. The molecule has 0 aromatic heterocycles. The molecule has 0 aliphatic carbocycles. The van der Waals surface area contributed by atoms with Crippen LogP contribution in [-0.2, 0) is 6.42 Å². The maximum Gasteiger partial charge on any atom is 0.398 e. The van der Waals surface area contributed by atoms with Crippen LogP contribution in [0.15, 0.2) is 48.5 Å². The molecule has 30 heavy (non-hydrogen) atoms. The van der Waals surface area contributed by atoms with E-state index >= 15 is 0 Å². The fourth-order valence-electron chi connectivity index (χ4n) is 2.72. The van der Waals surface area contributed by atoms with Crippen molar-refractivity contribution >= 4 is 0 Å². The molecule has 0 atom stereocenters. The molecule has 3 rings (SSSR count). The molecule has 9 heteroatoms. The highest BCUT2D eigenvalue weighted by Crippen LogP contribution is 2.31. The highest BCUT2D eigenvalue weighted by atomic mass is 19.3. The number of aryl methyl sites for hydroxylation is 1. The largest absolute Gasteiger partial charge is 0.505 e. The Morgan fingerprint density at radius 1 is 0.767 bits per heavy atom. The highest BCUT2D eigenvalue weighted by molar-refractivity contribution is 5.65. The molecule has 0 fully saturated rings. The summed E-state index contributed by atoms with van der Waals surface area (Å²) in [7, 11) is 0. The summed E-state index contributed by atoms with van der Waals surface area (Å²) in [5.41, 5.74) is 0.541. The molecule has 2 nitrogen and oxygen atoms in total. The molecule has 3 aromatic rings. The summed E-state index contributed by atoms with van der Waals surface area (Å²) in [4.78, 5) is 0. The van der Waals surface area contributed by atoms with Gasteiger partial charge in [-0.3, -0.25) is 0 Å². The molecule has 0 spiro atoms. The Bertz CT molecular complexity index is 1040. The third-order valence-corrected chi connectivity index (χ3v) is 4.26. The van der Waals surface area contributed by atoms with E-state index in [-0.39, 0.29) is 17.5 Å². The van der Waals surface area contributed by atoms with Crippen molar-refractivity contribution in [2.75, 3.05) is 0 Å². The zero-order chi connectivity index (χ0) is 22.1. The Balaban J connectivity index is 1.68. The molecule has 158 valence electrons. The molecule has 1 N–H and O–H groups in total. The molecule has 0 amide bonds. The van der Waals surface area contributed by atoms with Gasteiger partial charge in [0, 0.05) is 17.7 Å². The van der Waals surface area contributed by atoms with Crippen molar-refractivity contribution in [3.05, 3.63) is 83.2 Å². The van der Waals surface area contributed by atoms with Crippen LogP contribution in [0.5, 0.6) is 11.5 Å². The number of ether oxygens (including phenoxy) is 1. The minimum absolute atomic E-state index is 0.120. The van der Waals surface area contributed by atoms with Crippen LogP contribution in [-0.4, -0.2) is 11.2 Å². The third kappa shape index (κ3) is 4.67. The van der Waals surface area contributed by atoms with Gasteiger partial charge in [-0.25, -0.2) is 17.6 Å². The molecule has 0 saturated heterocycles. The average Bonchev–Trinajstić information content (AvgIpc) is 2.69. The van der Waals surface area contributed by atoms with Gasteiger partial charge in [0.15, 0.2) is 29.0 Å². The summed E-state index contributed by atoms with van der Waals surface area (Å²) in [6.45, 7) is 0. The zero-order valence-corrected chi connectivity index (χ0v) is 15.0. The molecular formula is C21H13F7O2. The number of rotatable bonds is 6. The fourth-order valence-corrected chi connectivity index (χ4v) is 2.72. The van der Waals surface area contributed by atoms with E-state index in [0.717, 1.165) is 6.07 Å². The van der Waals surface area contributed by atoms with Crippen molar-refractivity contribution in [1.29, 1.82) is 0 Å². The predicted molar refractivity (Wildman–Crippen MR) is 93.7 cm³/mol. The first-order valence-electron chi connectivity index (χ1n) is 8.55. The number of phenolic OH excluding ortho intramolecular Hbond substituents is 1. The third-order valence-electron chi connectivity index (χ3n) is 4.26. The highest BCUT2D eigenvalue weighted by Gasteiger charge is 2.32. The van der Waals surface area contributed by atoms with E-state index in [4.69, 9.17) is 5.11 Å². The molecule has 0 unspecified atom stereocenters. The molecule has 3 aromatic carbocycles. The lowest BCUT2D eigenvalue weighted by atomic mass is 10.0. The smallest absolute Gasteiger partial charge is 0.398 e. The monoisotopic (exact) mass is 430 g/mol. The molecule has 0 aliphatic rings. The standard InChI is InChI=1S/C21H13F7O2/c22-15-9-13(10-16(23)19(15)25)30-21(27,28)8-7-11-1-3-12(4-2-11)14-5-6-17(29)20(26)18(14)24/h1-6,9-10,29H,7-8H2. The van der Waals surface area contributed by atoms with Crippen molar-refractivity contribution < 1.29 is 40.6 Å². The van der Waals surface area contributed by atoms with Gasteiger partial charge >= 0.3 is 6.11 Å². The predicted octanol–water partition coefficient (Wildman–Crippen LogP) is 6.36. The van der Waals surface area contributed by atoms with E-state index in [9.17, 15) is 30.7 Å². The summed E-state index contributed by atoms with van der Waals surface area (Å²) in [5.74, 6) is -9.46. The lowest BCUT2D eigenvalue weighted by molar-refractivity contribution is -0.180. The van der Waals surface area contributed by atoms with Crippen molar-refractivity contribution in [3.8, 4) is 22.6 Å². The van der Waals surface area contributed by atoms with Gasteiger partial charge in [-0.1, -0.05) is 24.3 Å². The number of benzene rings is 3. The summed E-state index contributed by atoms with van der Waals surface area (Å²) < 4.78 is 98.7. The minimum atomic E-state index is -3.80. The maximum atomic E-state index is 14.0. The van der Waals surface area contributed by atoms with Gasteiger partial charge < -0.3 is 9.84 Å². The number of phenols is 1. The molecule has 0 heterocycles. The molecule has 0 saturated carbocycles. The van der Waals surface area contributed by atoms with Crippen molar-refractivity contribution in [2.24, 2.45) is 0 Å². The van der Waals surface area contributed by atoms with Gasteiger partial charge in [0.25, 0.3) is 0 Å². The topological polar surface area (TPSA) is 29.5 Å². The van der Waals surface area contributed by atoms with Gasteiger partial charge in [-0.2, -0.15) is 13.2 Å². The fraction of sp³-hybridized carbons (Fsp3) is 0.143. The minimum Gasteiger partial charge on any atom is -0.505 e. The number of aromatic hydroxyl groups is 1. The normalized spacial score (nSPS) is 11.6. The van der Waals surface area contributed by atoms with Crippen molar-refractivity contribution in [1.82, 2.24) is 0 Å². The van der Waals surface area contributed by atoms with E-state index in [2.05, 4.69) is 4.74 Å². The number of halogens is 7. The van der Waals surface area contributed by atoms with Crippen LogP contribution in [0.3, 0.4) is 0 Å². The van der Waals surface area contributed by atoms with Crippen LogP contribution in [0.1, 0.15) is 12.0 Å². The van der Waals surface area contributed by atoms with Gasteiger partial charge in [-0.05, 0) is 29.7 Å². The second-order valence-electron chi connectivity index (χ2n) is 6.40. The Hall–Kier alpha value is -3.23. The van der Waals surface area contributed by atoms with E-state index in [1.54, 1.807) is 0 Å². The van der Waals surface area contributed by atoms with E-state index < -0.39 is 53.1 Å². The Morgan fingerprint density at radius 2 is 1.37 bits per heavy atom. The van der Waals surface area contributed by atoms with Gasteiger partial charge in [0.2, 0.25) is 5.82 Å². The van der Waals surface area contributed by atoms with Crippen LogP contribution in [0.25, 0.3) is 11.1 Å². The SMILES string of the molecule is Oc1ccc(-c2ccc(CCC(F)(F)Oc3cc(F)c(F)c(F)c3)cc2)c(F)c1F. The van der Waals surface area contributed by atoms with Gasteiger partial charge in [-0.15, -0.1) is 0 Å². The second kappa shape index (κ2) is 8.25. The first-order valence-corrected chi connectivity index (χ1v) is 8.55. The summed E-state index contributed by atoms with van der Waals surface area (Å²) >= 11 is 0. The van der Waals surface area contributed by atoms with Crippen LogP contribution in [0.2, 0.25) is 0 Å². The van der Waals surface area contributed by atoms with Crippen molar-refractivity contribution in [3.63, 3.8) is 0 Å². The number of hydrogen-bond donors (Lipinski definition) is 1. The Labute approximate surface area is 166 Å². The summed E-state index contributed by atoms with van der Waals surface area (Å²) in [6, 6.07) is 8.37. The zero-order valence-electron chi connectivity index (χ0n) is 15.0. The molecule has 0 aliphatic heterocycles. The average molecular weight is 430 g/mol. The van der Waals surface area contributed by atoms with Gasteiger partial charge in [0.1, 0.15) is 5.75 Å². The van der Waals surface area contributed by atoms with Crippen LogP contribution in [0.4, 0.5) is 30.7 Å². The van der Waals surface area contributed by atoms with Gasteiger partial charge in [0.05, 0.1) is 6.42 Å². The summed E-state index contributed by atoms with van der Waals surface area (Å²) in [5, 5.41) is 9.15. The first kappa shape index (κ1) is 21.5. The van der Waals surface area contributed by atoms with E-state index in [0.29, 0.717) is 17.7 Å². The number of alkyl halides is 2.